The second-order valence-electron chi connectivity index (χ2n) is 4.81. The first-order chi connectivity index (χ1) is 6.87. The first kappa shape index (κ1) is 11.7. The van der Waals surface area contributed by atoms with Crippen LogP contribution in [0.5, 0.6) is 0 Å². The highest BCUT2D eigenvalue weighted by molar-refractivity contribution is 5.34. The summed E-state index contributed by atoms with van der Waals surface area (Å²) >= 11 is 0. The van der Waals surface area contributed by atoms with Gasteiger partial charge < -0.3 is 10.6 Å². The molecular formula is C10H19N5. The van der Waals surface area contributed by atoms with Gasteiger partial charge in [0.05, 0.1) is 0 Å². The molecular weight excluding hydrogens is 190 g/mol. The molecule has 0 aromatic carbocycles. The number of nitrogens with zero attached hydrogens (tertiary/aromatic N) is 3. The molecule has 15 heavy (non-hydrogen) atoms. The van der Waals surface area contributed by atoms with E-state index in [9.17, 15) is 0 Å². The smallest absolute Gasteiger partial charge is 0.227 e. The van der Waals surface area contributed by atoms with Crippen molar-refractivity contribution in [3.8, 4) is 0 Å². The highest BCUT2D eigenvalue weighted by Gasteiger charge is 2.11. The molecule has 0 spiro atoms. The molecule has 5 heteroatoms. The molecule has 0 atom stereocenters. The van der Waals surface area contributed by atoms with Gasteiger partial charge in [-0.25, -0.2) is 9.97 Å². The molecule has 0 saturated heterocycles. The van der Waals surface area contributed by atoms with Gasteiger partial charge in [0.25, 0.3) is 0 Å². The minimum Gasteiger partial charge on any atom is -0.352 e. The highest BCUT2D eigenvalue weighted by atomic mass is 15.2. The molecule has 2 N–H and O–H groups in total. The van der Waals surface area contributed by atoms with E-state index in [1.54, 1.807) is 0 Å². The normalized spacial score (nSPS) is 11.6. The van der Waals surface area contributed by atoms with E-state index in [0.717, 1.165) is 0 Å². The van der Waals surface area contributed by atoms with Crippen molar-refractivity contribution < 1.29 is 0 Å². The molecule has 0 amide bonds. The van der Waals surface area contributed by atoms with Crippen LogP contribution in [-0.4, -0.2) is 26.5 Å². The van der Waals surface area contributed by atoms with E-state index in [0.29, 0.717) is 17.9 Å². The van der Waals surface area contributed by atoms with Crippen LogP contribution in [0.1, 0.15) is 34.6 Å². The van der Waals surface area contributed by atoms with Gasteiger partial charge >= 0.3 is 0 Å². The second kappa shape index (κ2) is 4.42. The maximum Gasteiger partial charge on any atom is 0.227 e. The van der Waals surface area contributed by atoms with Crippen molar-refractivity contribution >= 4 is 11.9 Å². The predicted octanol–water partition coefficient (Wildman–Crippen LogP) is 1.90. The molecule has 0 aliphatic carbocycles. The molecule has 1 aromatic rings. The summed E-state index contributed by atoms with van der Waals surface area (Å²) in [5, 5.41) is 6.32. The third-order valence-electron chi connectivity index (χ3n) is 1.48. The molecule has 1 rings (SSSR count). The van der Waals surface area contributed by atoms with Crippen LogP contribution in [0.4, 0.5) is 11.9 Å². The molecule has 0 aliphatic rings. The van der Waals surface area contributed by atoms with Crippen molar-refractivity contribution in [1.82, 2.24) is 15.0 Å². The summed E-state index contributed by atoms with van der Waals surface area (Å²) in [6.07, 6.45) is 1.51. The Morgan fingerprint density at radius 2 is 1.73 bits per heavy atom. The van der Waals surface area contributed by atoms with Gasteiger partial charge in [-0.05, 0) is 34.6 Å². The fraction of sp³-hybridized carbons (Fsp3) is 0.700. The van der Waals surface area contributed by atoms with Crippen molar-refractivity contribution in [2.45, 2.75) is 46.2 Å². The number of hydrogen-bond donors (Lipinski definition) is 2. The van der Waals surface area contributed by atoms with Crippen LogP contribution in [0.3, 0.4) is 0 Å². The van der Waals surface area contributed by atoms with Gasteiger partial charge in [0.15, 0.2) is 0 Å². The predicted molar refractivity (Wildman–Crippen MR) is 62.0 cm³/mol. The van der Waals surface area contributed by atoms with Crippen molar-refractivity contribution in [2.24, 2.45) is 0 Å². The van der Waals surface area contributed by atoms with Crippen molar-refractivity contribution in [3.63, 3.8) is 0 Å². The molecule has 1 aromatic heterocycles. The summed E-state index contributed by atoms with van der Waals surface area (Å²) in [6, 6.07) is 0.315. The van der Waals surface area contributed by atoms with Gasteiger partial charge in [0.2, 0.25) is 11.9 Å². The molecule has 0 bridgehead atoms. The maximum absolute atomic E-state index is 4.25. The van der Waals surface area contributed by atoms with Crippen LogP contribution < -0.4 is 10.6 Å². The van der Waals surface area contributed by atoms with E-state index in [2.05, 4.69) is 46.4 Å². The largest absolute Gasteiger partial charge is 0.352 e. The Hall–Kier alpha value is -1.39. The first-order valence-corrected chi connectivity index (χ1v) is 5.10. The quantitative estimate of drug-likeness (QED) is 0.796. The van der Waals surface area contributed by atoms with Gasteiger partial charge in [0, 0.05) is 11.6 Å². The lowest BCUT2D eigenvalue weighted by Gasteiger charge is -2.20. The van der Waals surface area contributed by atoms with Crippen molar-refractivity contribution in [3.05, 3.63) is 6.33 Å². The van der Waals surface area contributed by atoms with E-state index < -0.39 is 0 Å². The Labute approximate surface area is 90.7 Å². The Morgan fingerprint density at radius 3 is 2.27 bits per heavy atom. The maximum atomic E-state index is 4.25. The summed E-state index contributed by atoms with van der Waals surface area (Å²) < 4.78 is 0. The highest BCUT2D eigenvalue weighted by Crippen LogP contribution is 2.10. The lowest BCUT2D eigenvalue weighted by Crippen LogP contribution is -2.27. The lowest BCUT2D eigenvalue weighted by molar-refractivity contribution is 0.625. The van der Waals surface area contributed by atoms with E-state index in [1.165, 1.54) is 6.33 Å². The number of anilines is 2. The number of hydrogen-bond acceptors (Lipinski definition) is 5. The van der Waals surface area contributed by atoms with E-state index in [1.807, 2.05) is 13.8 Å². The minimum atomic E-state index is -0.0452. The van der Waals surface area contributed by atoms with Crippen LogP contribution in [0, 0.1) is 0 Å². The van der Waals surface area contributed by atoms with Gasteiger partial charge in [0.1, 0.15) is 6.33 Å². The first-order valence-electron chi connectivity index (χ1n) is 5.10. The van der Waals surface area contributed by atoms with E-state index in [4.69, 9.17) is 0 Å². The molecule has 0 aliphatic heterocycles. The summed E-state index contributed by atoms with van der Waals surface area (Å²) in [5.41, 5.74) is -0.0452. The number of nitrogens with one attached hydrogen (secondary N) is 2. The van der Waals surface area contributed by atoms with Crippen LogP contribution in [-0.2, 0) is 0 Å². The molecule has 0 unspecified atom stereocenters. The van der Waals surface area contributed by atoms with Crippen molar-refractivity contribution in [1.29, 1.82) is 0 Å². The van der Waals surface area contributed by atoms with Gasteiger partial charge in [-0.1, -0.05) is 0 Å². The Morgan fingerprint density at radius 1 is 1.13 bits per heavy atom. The van der Waals surface area contributed by atoms with Crippen molar-refractivity contribution in [2.75, 3.05) is 10.6 Å². The second-order valence-corrected chi connectivity index (χ2v) is 4.81. The molecule has 1 heterocycles. The minimum absolute atomic E-state index is 0.0452. The third kappa shape index (κ3) is 4.58. The summed E-state index contributed by atoms with van der Waals surface area (Å²) in [4.78, 5) is 12.3. The SMILES string of the molecule is CC(C)Nc1ncnc(NC(C)(C)C)n1. The Balaban J connectivity index is 2.74. The Kier molecular flexibility index (Phi) is 3.44. The van der Waals surface area contributed by atoms with Crippen LogP contribution in [0.25, 0.3) is 0 Å². The van der Waals surface area contributed by atoms with E-state index >= 15 is 0 Å². The number of rotatable bonds is 3. The zero-order valence-corrected chi connectivity index (χ0v) is 10.00. The third-order valence-corrected chi connectivity index (χ3v) is 1.48. The molecule has 0 radical (unpaired) electrons. The standard InChI is InChI=1S/C10H19N5/c1-7(2)13-8-11-6-12-9(14-8)15-10(3,4)5/h6-7H,1-5H3,(H2,11,12,13,14,15). The fourth-order valence-corrected chi connectivity index (χ4v) is 1.02. The zero-order valence-electron chi connectivity index (χ0n) is 10.00. The average molecular weight is 209 g/mol. The monoisotopic (exact) mass is 209 g/mol. The molecule has 0 saturated carbocycles. The van der Waals surface area contributed by atoms with Gasteiger partial charge in [-0.3, -0.25) is 0 Å². The van der Waals surface area contributed by atoms with E-state index in [-0.39, 0.29) is 5.54 Å². The fourth-order valence-electron chi connectivity index (χ4n) is 1.02. The van der Waals surface area contributed by atoms with Gasteiger partial charge in [-0.2, -0.15) is 4.98 Å². The lowest BCUT2D eigenvalue weighted by atomic mass is 10.1. The summed E-state index contributed by atoms with van der Waals surface area (Å²) in [5.74, 6) is 1.20. The van der Waals surface area contributed by atoms with Crippen LogP contribution in [0.2, 0.25) is 0 Å². The summed E-state index contributed by atoms with van der Waals surface area (Å²) in [6.45, 7) is 10.3. The van der Waals surface area contributed by atoms with Gasteiger partial charge in [-0.15, -0.1) is 0 Å². The summed E-state index contributed by atoms with van der Waals surface area (Å²) in [7, 11) is 0. The topological polar surface area (TPSA) is 62.7 Å². The van der Waals surface area contributed by atoms with Crippen LogP contribution in [0.15, 0.2) is 6.33 Å². The molecule has 84 valence electrons. The Bertz CT molecular complexity index is 316. The van der Waals surface area contributed by atoms with Crippen LogP contribution >= 0.6 is 0 Å². The number of aromatic nitrogens is 3. The zero-order chi connectivity index (χ0) is 11.5. The molecule has 5 nitrogen and oxygen atoms in total. The molecule has 0 fully saturated rings. The average Bonchev–Trinajstić information content (AvgIpc) is 1.99.